The largest absolute Gasteiger partial charge is 0.281 e. The number of aromatic nitrogens is 2. The summed E-state index contributed by atoms with van der Waals surface area (Å²) in [6, 6.07) is 17.8. The zero-order valence-corrected chi connectivity index (χ0v) is 12.7. The Kier molecular flexibility index (Phi) is 3.83. The highest BCUT2D eigenvalue weighted by Crippen LogP contribution is 2.28. The predicted molar refractivity (Wildman–Crippen MR) is 88.7 cm³/mol. The van der Waals surface area contributed by atoms with Gasteiger partial charge in [0, 0.05) is 24.4 Å². The first-order chi connectivity index (χ1) is 10.7. The van der Waals surface area contributed by atoms with Crippen molar-refractivity contribution in [3.63, 3.8) is 0 Å². The van der Waals surface area contributed by atoms with Crippen LogP contribution < -0.4 is 4.90 Å². The number of benzene rings is 2. The minimum atomic E-state index is -0.0585. The van der Waals surface area contributed by atoms with Gasteiger partial charge >= 0.3 is 0 Å². The van der Waals surface area contributed by atoms with E-state index in [1.54, 1.807) is 4.90 Å². The number of hydrogen-bond donors (Lipinski definition) is 0. The van der Waals surface area contributed by atoms with Crippen molar-refractivity contribution in [2.45, 2.75) is 13.8 Å². The number of nitrogens with zero attached hydrogens (tertiary/aromatic N) is 3. The van der Waals surface area contributed by atoms with Crippen molar-refractivity contribution in [2.75, 3.05) is 11.4 Å². The van der Waals surface area contributed by atoms with Gasteiger partial charge in [-0.05, 0) is 13.0 Å². The minimum absolute atomic E-state index is 0.0585. The van der Waals surface area contributed by atoms with Gasteiger partial charge in [-0.25, -0.2) is 9.97 Å². The maximum atomic E-state index is 11.8. The second-order valence-electron chi connectivity index (χ2n) is 5.02. The van der Waals surface area contributed by atoms with Crippen molar-refractivity contribution in [3.8, 4) is 11.3 Å². The molecular weight excluding hydrogens is 274 g/mol. The van der Waals surface area contributed by atoms with Gasteiger partial charge in [0.1, 0.15) is 0 Å². The fourth-order valence-corrected chi connectivity index (χ4v) is 2.51. The Labute approximate surface area is 129 Å². The molecule has 0 N–H and O–H groups in total. The fraction of sp³-hybridized carbons (Fsp3) is 0.167. The Morgan fingerprint density at radius 3 is 2.36 bits per heavy atom. The summed E-state index contributed by atoms with van der Waals surface area (Å²) in [4.78, 5) is 22.6. The Morgan fingerprint density at radius 1 is 1.00 bits per heavy atom. The van der Waals surface area contributed by atoms with Gasteiger partial charge < -0.3 is 0 Å². The Hall–Kier alpha value is -2.75. The normalized spacial score (nSPS) is 10.6. The van der Waals surface area contributed by atoms with Crippen molar-refractivity contribution in [3.05, 3.63) is 54.6 Å². The van der Waals surface area contributed by atoms with E-state index in [1.165, 1.54) is 6.92 Å². The van der Waals surface area contributed by atoms with Gasteiger partial charge in [0.25, 0.3) is 0 Å². The molecule has 0 fully saturated rings. The van der Waals surface area contributed by atoms with Crippen molar-refractivity contribution in [1.82, 2.24) is 9.97 Å². The number of rotatable bonds is 3. The number of anilines is 1. The maximum Gasteiger partial charge on any atom is 0.233 e. The van der Waals surface area contributed by atoms with Crippen LogP contribution in [-0.4, -0.2) is 22.4 Å². The predicted octanol–water partition coefficient (Wildman–Crippen LogP) is 3.67. The first-order valence-electron chi connectivity index (χ1n) is 7.31. The molecule has 1 aromatic heterocycles. The lowest BCUT2D eigenvalue weighted by atomic mass is 10.1. The van der Waals surface area contributed by atoms with Crippen LogP contribution in [0.1, 0.15) is 13.8 Å². The highest BCUT2D eigenvalue weighted by atomic mass is 16.2. The molecular formula is C18H17N3O. The van der Waals surface area contributed by atoms with Crippen LogP contribution in [0.2, 0.25) is 0 Å². The molecule has 110 valence electrons. The quantitative estimate of drug-likeness (QED) is 0.739. The van der Waals surface area contributed by atoms with E-state index in [2.05, 4.69) is 9.97 Å². The standard InChI is InChI=1S/C18H17N3O/c1-3-21(13(2)22)18-19-16-12-8-7-11-15(16)17(20-18)14-9-5-4-6-10-14/h4-12H,3H2,1-2H3. The molecule has 0 atom stereocenters. The number of fused-ring (bicyclic) bond motifs is 1. The molecule has 4 nitrogen and oxygen atoms in total. The SMILES string of the molecule is CCN(C(C)=O)c1nc(-c2ccccc2)c2ccccc2n1. The third kappa shape index (κ3) is 2.55. The Bertz CT molecular complexity index is 815. The third-order valence-corrected chi connectivity index (χ3v) is 3.58. The van der Waals surface area contributed by atoms with E-state index in [0.717, 1.165) is 22.2 Å². The molecule has 0 bridgehead atoms. The fourth-order valence-electron chi connectivity index (χ4n) is 2.51. The number of para-hydroxylation sites is 1. The van der Waals surface area contributed by atoms with Crippen molar-refractivity contribution >= 4 is 22.8 Å². The van der Waals surface area contributed by atoms with Crippen LogP contribution in [0.3, 0.4) is 0 Å². The first kappa shape index (κ1) is 14.2. The molecule has 0 saturated heterocycles. The van der Waals surface area contributed by atoms with Crippen LogP contribution in [0.25, 0.3) is 22.2 Å². The van der Waals surface area contributed by atoms with Crippen LogP contribution >= 0.6 is 0 Å². The van der Waals surface area contributed by atoms with Gasteiger partial charge in [0.2, 0.25) is 11.9 Å². The highest BCUT2D eigenvalue weighted by molar-refractivity contribution is 5.96. The Morgan fingerprint density at radius 2 is 1.68 bits per heavy atom. The molecule has 0 unspecified atom stereocenters. The smallest absolute Gasteiger partial charge is 0.233 e. The average Bonchev–Trinajstić information content (AvgIpc) is 2.55. The summed E-state index contributed by atoms with van der Waals surface area (Å²) in [5, 5.41) is 0.983. The second-order valence-corrected chi connectivity index (χ2v) is 5.02. The molecule has 3 rings (SSSR count). The minimum Gasteiger partial charge on any atom is -0.281 e. The molecule has 3 aromatic rings. The number of carbonyl (C=O) groups is 1. The van der Waals surface area contributed by atoms with Gasteiger partial charge in [-0.3, -0.25) is 9.69 Å². The van der Waals surface area contributed by atoms with Crippen molar-refractivity contribution in [2.24, 2.45) is 0 Å². The molecule has 0 aliphatic heterocycles. The van der Waals surface area contributed by atoms with Crippen LogP contribution in [0.4, 0.5) is 5.95 Å². The number of carbonyl (C=O) groups excluding carboxylic acids is 1. The molecule has 0 aliphatic rings. The van der Waals surface area contributed by atoms with Gasteiger partial charge in [-0.15, -0.1) is 0 Å². The zero-order chi connectivity index (χ0) is 15.5. The Balaban J connectivity index is 2.27. The topological polar surface area (TPSA) is 46.1 Å². The van der Waals surface area contributed by atoms with Crippen molar-refractivity contribution < 1.29 is 4.79 Å². The van der Waals surface area contributed by atoms with Gasteiger partial charge in [0.15, 0.2) is 0 Å². The summed E-state index contributed by atoms with van der Waals surface area (Å²) in [6.45, 7) is 3.99. The summed E-state index contributed by atoms with van der Waals surface area (Å²) in [5.74, 6) is 0.393. The molecule has 0 radical (unpaired) electrons. The molecule has 22 heavy (non-hydrogen) atoms. The van der Waals surface area contributed by atoms with Gasteiger partial charge in [-0.2, -0.15) is 0 Å². The van der Waals surface area contributed by atoms with E-state index in [0.29, 0.717) is 12.5 Å². The molecule has 0 spiro atoms. The van der Waals surface area contributed by atoms with Gasteiger partial charge in [0.05, 0.1) is 11.2 Å². The zero-order valence-electron chi connectivity index (χ0n) is 12.7. The van der Waals surface area contributed by atoms with Crippen LogP contribution in [0.5, 0.6) is 0 Å². The monoisotopic (exact) mass is 291 g/mol. The van der Waals surface area contributed by atoms with E-state index >= 15 is 0 Å². The van der Waals surface area contributed by atoms with E-state index in [-0.39, 0.29) is 5.91 Å². The van der Waals surface area contributed by atoms with E-state index in [9.17, 15) is 4.79 Å². The molecule has 2 aromatic carbocycles. The van der Waals surface area contributed by atoms with E-state index < -0.39 is 0 Å². The summed E-state index contributed by atoms with van der Waals surface area (Å²) in [6.07, 6.45) is 0. The first-order valence-corrected chi connectivity index (χ1v) is 7.31. The molecule has 0 saturated carbocycles. The van der Waals surface area contributed by atoms with Crippen LogP contribution in [0.15, 0.2) is 54.6 Å². The van der Waals surface area contributed by atoms with Crippen LogP contribution in [-0.2, 0) is 4.79 Å². The van der Waals surface area contributed by atoms with E-state index in [1.807, 2.05) is 61.5 Å². The summed E-state index contributed by atoms with van der Waals surface area (Å²) in [5.41, 5.74) is 2.70. The summed E-state index contributed by atoms with van der Waals surface area (Å²) >= 11 is 0. The lowest BCUT2D eigenvalue weighted by Crippen LogP contribution is -2.29. The molecule has 1 amide bonds. The lowest BCUT2D eigenvalue weighted by molar-refractivity contribution is -0.116. The lowest BCUT2D eigenvalue weighted by Gasteiger charge is -2.18. The average molecular weight is 291 g/mol. The molecule has 0 aliphatic carbocycles. The third-order valence-electron chi connectivity index (χ3n) is 3.58. The number of hydrogen-bond acceptors (Lipinski definition) is 3. The second kappa shape index (κ2) is 5.93. The van der Waals surface area contributed by atoms with Crippen molar-refractivity contribution in [1.29, 1.82) is 0 Å². The maximum absolute atomic E-state index is 11.8. The molecule has 4 heteroatoms. The summed E-state index contributed by atoms with van der Waals surface area (Å²) < 4.78 is 0. The summed E-state index contributed by atoms with van der Waals surface area (Å²) in [7, 11) is 0. The van der Waals surface area contributed by atoms with Gasteiger partial charge in [-0.1, -0.05) is 48.5 Å². The molecule has 1 heterocycles. The van der Waals surface area contributed by atoms with E-state index in [4.69, 9.17) is 0 Å². The van der Waals surface area contributed by atoms with Crippen LogP contribution in [0, 0.1) is 0 Å². The number of amides is 1. The highest BCUT2D eigenvalue weighted by Gasteiger charge is 2.16.